The van der Waals surface area contributed by atoms with Crippen molar-refractivity contribution in [1.29, 1.82) is 0 Å². The highest BCUT2D eigenvalue weighted by atomic mass is 35.5. The zero-order valence-electron chi connectivity index (χ0n) is 12.6. The molecule has 1 N–H and O–H groups in total. The van der Waals surface area contributed by atoms with Crippen LogP contribution in [-0.2, 0) is 13.1 Å². The van der Waals surface area contributed by atoms with E-state index in [0.29, 0.717) is 0 Å². The maximum Gasteiger partial charge on any atom is 0.0471 e. The largest absolute Gasteiger partial charge is 0.370 e. The molecule has 1 aromatic heterocycles. The molecule has 112 valence electrons. The van der Waals surface area contributed by atoms with E-state index in [1.165, 1.54) is 11.3 Å². The maximum atomic E-state index is 6.38. The number of aromatic nitrogens is 1. The van der Waals surface area contributed by atoms with Crippen LogP contribution < -0.4 is 10.2 Å². The highest BCUT2D eigenvalue weighted by Crippen LogP contribution is 2.27. The molecule has 0 bridgehead atoms. The minimum Gasteiger partial charge on any atom is -0.370 e. The summed E-state index contributed by atoms with van der Waals surface area (Å²) in [5, 5.41) is 4.25. The van der Waals surface area contributed by atoms with Crippen LogP contribution in [-0.4, -0.2) is 18.6 Å². The molecule has 2 aromatic rings. The first-order valence-electron chi connectivity index (χ1n) is 7.30. The Kier molecular flexibility index (Phi) is 6.03. The third-order valence-corrected chi connectivity index (χ3v) is 3.76. The second kappa shape index (κ2) is 8.01. The summed E-state index contributed by atoms with van der Waals surface area (Å²) >= 11 is 6.38. The summed E-state index contributed by atoms with van der Waals surface area (Å²) in [5.41, 5.74) is 3.56. The summed E-state index contributed by atoms with van der Waals surface area (Å²) in [6.07, 6.45) is 4.77. The van der Waals surface area contributed by atoms with E-state index in [-0.39, 0.29) is 0 Å². The highest BCUT2D eigenvalue weighted by Gasteiger charge is 2.11. The third kappa shape index (κ3) is 4.45. The number of benzene rings is 1. The molecular formula is C17H22ClN3. The van der Waals surface area contributed by atoms with Gasteiger partial charge in [0.1, 0.15) is 0 Å². The Bertz CT molecular complexity index is 557. The molecule has 0 saturated heterocycles. The van der Waals surface area contributed by atoms with Gasteiger partial charge in [0.15, 0.2) is 0 Å². The van der Waals surface area contributed by atoms with Crippen molar-refractivity contribution in [2.75, 3.05) is 18.5 Å². The predicted molar refractivity (Wildman–Crippen MR) is 89.8 cm³/mol. The number of nitrogens with one attached hydrogen (secondary N) is 1. The number of anilines is 1. The lowest BCUT2D eigenvalue weighted by molar-refractivity contribution is 0.674. The molecule has 0 saturated carbocycles. The molecule has 0 aliphatic rings. The molecule has 0 amide bonds. The minimum atomic E-state index is 0.795. The van der Waals surface area contributed by atoms with Gasteiger partial charge < -0.3 is 10.2 Å². The Hall–Kier alpha value is -1.58. The number of halogens is 1. The van der Waals surface area contributed by atoms with Crippen LogP contribution in [0.1, 0.15) is 24.5 Å². The van der Waals surface area contributed by atoms with Crippen LogP contribution in [0, 0.1) is 0 Å². The van der Waals surface area contributed by atoms with Crippen molar-refractivity contribution in [3.05, 3.63) is 58.9 Å². The van der Waals surface area contributed by atoms with E-state index in [1.54, 1.807) is 0 Å². The number of rotatable bonds is 7. The molecular weight excluding hydrogens is 282 g/mol. The first-order chi connectivity index (χ1) is 10.2. The quantitative estimate of drug-likeness (QED) is 0.787. The molecule has 3 nitrogen and oxygen atoms in total. The molecule has 1 aromatic carbocycles. The van der Waals surface area contributed by atoms with Crippen LogP contribution in [0.5, 0.6) is 0 Å². The van der Waals surface area contributed by atoms with Gasteiger partial charge >= 0.3 is 0 Å². The number of hydrogen-bond donors (Lipinski definition) is 1. The fraction of sp³-hybridized carbons (Fsp3) is 0.353. The lowest BCUT2D eigenvalue weighted by Gasteiger charge is -2.23. The molecule has 4 heteroatoms. The van der Waals surface area contributed by atoms with Gasteiger partial charge in [-0.3, -0.25) is 4.98 Å². The average molecular weight is 304 g/mol. The van der Waals surface area contributed by atoms with Gasteiger partial charge in [-0.15, -0.1) is 0 Å². The smallest absolute Gasteiger partial charge is 0.0471 e. The van der Waals surface area contributed by atoms with Gasteiger partial charge in [0.05, 0.1) is 0 Å². The molecule has 0 aliphatic carbocycles. The van der Waals surface area contributed by atoms with Crippen LogP contribution in [0.2, 0.25) is 5.02 Å². The van der Waals surface area contributed by atoms with Gasteiger partial charge in [-0.25, -0.2) is 0 Å². The van der Waals surface area contributed by atoms with E-state index >= 15 is 0 Å². The lowest BCUT2D eigenvalue weighted by atomic mass is 10.1. The first-order valence-corrected chi connectivity index (χ1v) is 7.68. The molecule has 21 heavy (non-hydrogen) atoms. The van der Waals surface area contributed by atoms with Crippen molar-refractivity contribution in [3.63, 3.8) is 0 Å². The monoisotopic (exact) mass is 303 g/mol. The van der Waals surface area contributed by atoms with Crippen LogP contribution in [0.25, 0.3) is 0 Å². The van der Waals surface area contributed by atoms with Crippen LogP contribution in [0.4, 0.5) is 5.69 Å². The van der Waals surface area contributed by atoms with E-state index in [2.05, 4.69) is 35.2 Å². The van der Waals surface area contributed by atoms with Crippen molar-refractivity contribution in [3.8, 4) is 0 Å². The van der Waals surface area contributed by atoms with Gasteiger partial charge in [0.2, 0.25) is 0 Å². The van der Waals surface area contributed by atoms with E-state index in [0.717, 1.165) is 36.6 Å². The average Bonchev–Trinajstić information content (AvgIpc) is 2.50. The second-order valence-electron chi connectivity index (χ2n) is 5.13. The molecule has 0 spiro atoms. The number of hydrogen-bond acceptors (Lipinski definition) is 3. The Balaban J connectivity index is 2.15. The van der Waals surface area contributed by atoms with Crippen molar-refractivity contribution >= 4 is 17.3 Å². The molecule has 0 atom stereocenters. The van der Waals surface area contributed by atoms with E-state index in [4.69, 9.17) is 11.6 Å². The molecule has 0 radical (unpaired) electrons. The Morgan fingerprint density at radius 3 is 2.67 bits per heavy atom. The van der Waals surface area contributed by atoms with Gasteiger partial charge in [-0.1, -0.05) is 24.6 Å². The number of pyridine rings is 1. The van der Waals surface area contributed by atoms with Gasteiger partial charge in [-0.2, -0.15) is 0 Å². The lowest BCUT2D eigenvalue weighted by Crippen LogP contribution is -2.21. The van der Waals surface area contributed by atoms with Gasteiger partial charge in [-0.05, 0) is 42.8 Å². The normalized spacial score (nSPS) is 10.6. The Labute approximate surface area is 132 Å². The summed E-state index contributed by atoms with van der Waals surface area (Å²) in [5.74, 6) is 0. The molecule has 2 rings (SSSR count). The standard InChI is InChI=1S/C17H22ClN3/c1-3-9-20-12-15-16(18)5-4-6-17(15)21(2)13-14-7-10-19-11-8-14/h4-8,10-11,20H,3,9,12-13H2,1-2H3. The second-order valence-corrected chi connectivity index (χ2v) is 5.53. The summed E-state index contributed by atoms with van der Waals surface area (Å²) in [7, 11) is 2.09. The minimum absolute atomic E-state index is 0.795. The summed E-state index contributed by atoms with van der Waals surface area (Å²) < 4.78 is 0. The highest BCUT2D eigenvalue weighted by molar-refractivity contribution is 6.31. The first kappa shape index (κ1) is 15.8. The van der Waals surface area contributed by atoms with Crippen LogP contribution in [0.3, 0.4) is 0 Å². The molecule has 0 fully saturated rings. The summed E-state index contributed by atoms with van der Waals surface area (Å²) in [6.45, 7) is 4.79. The fourth-order valence-corrected chi connectivity index (χ4v) is 2.55. The third-order valence-electron chi connectivity index (χ3n) is 3.40. The van der Waals surface area contributed by atoms with Crippen molar-refractivity contribution in [1.82, 2.24) is 10.3 Å². The van der Waals surface area contributed by atoms with E-state index in [9.17, 15) is 0 Å². The maximum absolute atomic E-state index is 6.38. The zero-order valence-corrected chi connectivity index (χ0v) is 13.4. The Morgan fingerprint density at radius 2 is 1.95 bits per heavy atom. The molecule has 1 heterocycles. The molecule has 0 aliphatic heterocycles. The molecule has 0 unspecified atom stereocenters. The summed E-state index contributed by atoms with van der Waals surface area (Å²) in [4.78, 5) is 6.28. The van der Waals surface area contributed by atoms with Crippen LogP contribution in [0.15, 0.2) is 42.7 Å². The van der Waals surface area contributed by atoms with Gasteiger partial charge in [0.25, 0.3) is 0 Å². The van der Waals surface area contributed by atoms with Crippen molar-refractivity contribution < 1.29 is 0 Å². The van der Waals surface area contributed by atoms with Crippen molar-refractivity contribution in [2.24, 2.45) is 0 Å². The fourth-order valence-electron chi connectivity index (χ4n) is 2.32. The predicted octanol–water partition coefficient (Wildman–Crippen LogP) is 3.87. The topological polar surface area (TPSA) is 28.2 Å². The Morgan fingerprint density at radius 1 is 1.19 bits per heavy atom. The number of nitrogens with zero attached hydrogens (tertiary/aromatic N) is 2. The van der Waals surface area contributed by atoms with Crippen LogP contribution >= 0.6 is 11.6 Å². The summed E-state index contributed by atoms with van der Waals surface area (Å²) in [6, 6.07) is 10.2. The van der Waals surface area contributed by atoms with E-state index < -0.39 is 0 Å². The van der Waals surface area contributed by atoms with Gasteiger partial charge in [0, 0.05) is 48.8 Å². The zero-order chi connectivity index (χ0) is 15.1. The SMILES string of the molecule is CCCNCc1c(Cl)cccc1N(C)Cc1ccncc1. The van der Waals surface area contributed by atoms with E-state index in [1.807, 2.05) is 36.7 Å². The van der Waals surface area contributed by atoms with Crippen molar-refractivity contribution in [2.45, 2.75) is 26.4 Å².